The topological polar surface area (TPSA) is 71.0 Å². The van der Waals surface area contributed by atoms with Crippen LogP contribution in [-0.2, 0) is 0 Å². The zero-order chi connectivity index (χ0) is 14.9. The molecule has 6 nitrogen and oxygen atoms in total. The minimum absolute atomic E-state index is 0.107. The van der Waals surface area contributed by atoms with Gasteiger partial charge in [0.25, 0.3) is 5.91 Å². The molecule has 2 aromatic heterocycles. The van der Waals surface area contributed by atoms with Crippen LogP contribution in [0.2, 0.25) is 0 Å². The number of nitrogens with one attached hydrogen (secondary N) is 1. The van der Waals surface area contributed by atoms with E-state index in [-0.39, 0.29) is 5.91 Å². The molecule has 22 heavy (non-hydrogen) atoms. The molecule has 2 bridgehead atoms. The van der Waals surface area contributed by atoms with E-state index in [1.54, 1.807) is 24.7 Å². The van der Waals surface area contributed by atoms with Crippen LogP contribution in [0.15, 0.2) is 24.7 Å². The number of hydrogen-bond acceptors (Lipinski definition) is 6. The first-order chi connectivity index (χ1) is 10.8. The van der Waals surface area contributed by atoms with E-state index < -0.39 is 0 Å². The normalized spacial score (nSPS) is 24.3. The first-order valence-electron chi connectivity index (χ1n) is 7.59. The summed E-state index contributed by atoms with van der Waals surface area (Å²) in [7, 11) is 0. The highest BCUT2D eigenvalue weighted by atomic mass is 32.1. The minimum atomic E-state index is 0.107. The smallest absolute Gasteiger partial charge is 0.266 e. The molecule has 114 valence electrons. The van der Waals surface area contributed by atoms with Gasteiger partial charge in [-0.15, -0.1) is 11.3 Å². The molecule has 2 aliphatic rings. The second kappa shape index (κ2) is 5.73. The number of thiazole rings is 1. The molecule has 2 atom stereocenters. The van der Waals surface area contributed by atoms with Crippen molar-refractivity contribution in [3.8, 4) is 10.8 Å². The van der Waals surface area contributed by atoms with Crippen LogP contribution in [-0.4, -0.2) is 50.9 Å². The number of fused-ring (bicyclic) bond motifs is 2. The molecule has 1 amide bonds. The van der Waals surface area contributed by atoms with Gasteiger partial charge in [-0.05, 0) is 31.9 Å². The summed E-state index contributed by atoms with van der Waals surface area (Å²) in [6.45, 7) is 1.90. The van der Waals surface area contributed by atoms with E-state index in [9.17, 15) is 4.79 Å². The summed E-state index contributed by atoms with van der Waals surface area (Å²) in [4.78, 5) is 28.4. The molecule has 2 aromatic rings. The van der Waals surface area contributed by atoms with Gasteiger partial charge in [0.05, 0.1) is 6.20 Å². The lowest BCUT2D eigenvalue weighted by molar-refractivity contribution is 0.0685. The Morgan fingerprint density at radius 1 is 1.18 bits per heavy atom. The number of amides is 1. The van der Waals surface area contributed by atoms with Gasteiger partial charge in [-0.25, -0.2) is 15.0 Å². The Morgan fingerprint density at radius 3 is 2.86 bits per heavy atom. The Kier molecular flexibility index (Phi) is 3.59. The fraction of sp³-hybridized carbons (Fsp3) is 0.467. The number of carbonyl (C=O) groups excluding carboxylic acids is 1. The first kappa shape index (κ1) is 13.8. The summed E-state index contributed by atoms with van der Waals surface area (Å²) in [6.07, 6.45) is 8.28. The largest absolute Gasteiger partial charge is 0.331 e. The molecule has 0 aromatic carbocycles. The second-order valence-electron chi connectivity index (χ2n) is 5.69. The zero-order valence-electron chi connectivity index (χ0n) is 12.1. The standard InChI is InChI=1S/C15H17N5OS/c21-15(20-10-2-3-11(20)8-16-7-4-10)12-9-19-14(22-12)13-17-5-1-6-18-13/h1,5-6,9-11,16H,2-4,7-8H2. The van der Waals surface area contributed by atoms with Gasteiger partial charge in [-0.2, -0.15) is 0 Å². The molecule has 2 aliphatic heterocycles. The molecule has 2 saturated heterocycles. The van der Waals surface area contributed by atoms with E-state index in [4.69, 9.17) is 0 Å². The number of hydrogen-bond donors (Lipinski definition) is 1. The predicted molar refractivity (Wildman–Crippen MR) is 83.6 cm³/mol. The third-order valence-corrected chi connectivity index (χ3v) is 5.34. The quantitative estimate of drug-likeness (QED) is 0.911. The Labute approximate surface area is 132 Å². The lowest BCUT2D eigenvalue weighted by Crippen LogP contribution is -2.42. The van der Waals surface area contributed by atoms with Gasteiger partial charge >= 0.3 is 0 Å². The summed E-state index contributed by atoms with van der Waals surface area (Å²) >= 11 is 1.38. The van der Waals surface area contributed by atoms with Crippen LogP contribution in [0.1, 0.15) is 28.9 Å². The zero-order valence-corrected chi connectivity index (χ0v) is 12.9. The van der Waals surface area contributed by atoms with Crippen molar-refractivity contribution in [2.45, 2.75) is 31.3 Å². The van der Waals surface area contributed by atoms with Gasteiger partial charge in [0, 0.05) is 31.0 Å². The highest BCUT2D eigenvalue weighted by Gasteiger charge is 2.38. The number of aromatic nitrogens is 3. The summed E-state index contributed by atoms with van der Waals surface area (Å²) in [5.41, 5.74) is 0. The Balaban J connectivity index is 1.60. The van der Waals surface area contributed by atoms with Crippen molar-refractivity contribution >= 4 is 17.2 Å². The Hall–Kier alpha value is -1.86. The van der Waals surface area contributed by atoms with Crippen molar-refractivity contribution in [2.75, 3.05) is 13.1 Å². The lowest BCUT2D eigenvalue weighted by Gasteiger charge is -2.27. The fourth-order valence-electron chi connectivity index (χ4n) is 3.33. The van der Waals surface area contributed by atoms with Crippen LogP contribution in [0, 0.1) is 0 Å². The van der Waals surface area contributed by atoms with Crippen molar-refractivity contribution in [3.05, 3.63) is 29.5 Å². The second-order valence-corrected chi connectivity index (χ2v) is 6.72. The predicted octanol–water partition coefficient (Wildman–Crippen LogP) is 1.57. The molecule has 2 fully saturated rings. The molecule has 1 N–H and O–H groups in total. The van der Waals surface area contributed by atoms with Crippen molar-refractivity contribution in [1.82, 2.24) is 25.2 Å². The van der Waals surface area contributed by atoms with E-state index in [2.05, 4.69) is 25.2 Å². The average Bonchev–Trinajstić information content (AvgIpc) is 3.12. The molecule has 0 saturated carbocycles. The Morgan fingerprint density at radius 2 is 2.00 bits per heavy atom. The van der Waals surface area contributed by atoms with Gasteiger partial charge in [0.2, 0.25) is 0 Å². The van der Waals surface area contributed by atoms with E-state index in [1.165, 1.54) is 11.3 Å². The van der Waals surface area contributed by atoms with Gasteiger partial charge in [-0.3, -0.25) is 4.79 Å². The first-order valence-corrected chi connectivity index (χ1v) is 8.41. The lowest BCUT2D eigenvalue weighted by atomic mass is 10.1. The summed E-state index contributed by atoms with van der Waals surface area (Å²) in [6, 6.07) is 2.45. The molecule has 0 aliphatic carbocycles. The maximum absolute atomic E-state index is 12.9. The van der Waals surface area contributed by atoms with Crippen LogP contribution in [0.4, 0.5) is 0 Å². The van der Waals surface area contributed by atoms with Crippen molar-refractivity contribution < 1.29 is 4.79 Å². The summed E-state index contributed by atoms with van der Waals surface area (Å²) in [5.74, 6) is 0.683. The highest BCUT2D eigenvalue weighted by molar-refractivity contribution is 7.16. The van der Waals surface area contributed by atoms with E-state index in [0.29, 0.717) is 27.8 Å². The Bertz CT molecular complexity index is 660. The van der Waals surface area contributed by atoms with Crippen molar-refractivity contribution in [2.24, 2.45) is 0 Å². The molecular formula is C15H17N5OS. The SMILES string of the molecule is O=C(c1cnc(-c2ncccn2)s1)N1C2CCNCC1CC2. The van der Waals surface area contributed by atoms with Gasteiger partial charge < -0.3 is 10.2 Å². The molecule has 0 radical (unpaired) electrons. The number of carbonyl (C=O) groups is 1. The maximum atomic E-state index is 12.9. The van der Waals surface area contributed by atoms with Crippen LogP contribution < -0.4 is 5.32 Å². The van der Waals surface area contributed by atoms with Crippen LogP contribution >= 0.6 is 11.3 Å². The van der Waals surface area contributed by atoms with E-state index in [0.717, 1.165) is 32.4 Å². The summed E-state index contributed by atoms with van der Waals surface area (Å²) in [5, 5.41) is 4.12. The molecule has 4 rings (SSSR count). The van der Waals surface area contributed by atoms with Gasteiger partial charge in [0.1, 0.15) is 4.88 Å². The third kappa shape index (κ3) is 2.40. The minimum Gasteiger partial charge on any atom is -0.331 e. The van der Waals surface area contributed by atoms with Crippen LogP contribution in [0.5, 0.6) is 0 Å². The number of nitrogens with zero attached hydrogens (tertiary/aromatic N) is 4. The molecule has 0 spiro atoms. The highest BCUT2D eigenvalue weighted by Crippen LogP contribution is 2.31. The molecular weight excluding hydrogens is 298 g/mol. The van der Waals surface area contributed by atoms with Crippen LogP contribution in [0.25, 0.3) is 10.8 Å². The summed E-state index contributed by atoms with van der Waals surface area (Å²) < 4.78 is 0. The fourth-order valence-corrected chi connectivity index (χ4v) is 4.14. The average molecular weight is 315 g/mol. The van der Waals surface area contributed by atoms with E-state index >= 15 is 0 Å². The van der Waals surface area contributed by atoms with Gasteiger partial charge in [-0.1, -0.05) is 0 Å². The molecule has 2 unspecified atom stereocenters. The van der Waals surface area contributed by atoms with Gasteiger partial charge in [0.15, 0.2) is 10.8 Å². The van der Waals surface area contributed by atoms with Crippen molar-refractivity contribution in [1.29, 1.82) is 0 Å². The third-order valence-electron chi connectivity index (χ3n) is 4.36. The van der Waals surface area contributed by atoms with Crippen LogP contribution in [0.3, 0.4) is 0 Å². The molecule has 7 heteroatoms. The number of rotatable bonds is 2. The van der Waals surface area contributed by atoms with E-state index in [1.807, 2.05) is 0 Å². The van der Waals surface area contributed by atoms with Crippen molar-refractivity contribution in [3.63, 3.8) is 0 Å². The molecule has 4 heterocycles. The monoisotopic (exact) mass is 315 g/mol. The maximum Gasteiger partial charge on any atom is 0.266 e.